The van der Waals surface area contributed by atoms with E-state index in [0.29, 0.717) is 23.0 Å². The maximum absolute atomic E-state index is 5.75. The third-order valence-corrected chi connectivity index (χ3v) is 3.02. The predicted octanol–water partition coefficient (Wildman–Crippen LogP) is 2.10. The van der Waals surface area contributed by atoms with Gasteiger partial charge < -0.3 is 10.5 Å². The third kappa shape index (κ3) is 2.75. The van der Waals surface area contributed by atoms with E-state index in [1.165, 1.54) is 24.6 Å². The van der Waals surface area contributed by atoms with Crippen molar-refractivity contribution in [2.24, 2.45) is 0 Å². The van der Waals surface area contributed by atoms with Crippen LogP contribution in [0.1, 0.15) is 25.7 Å². The Hall–Kier alpha value is -0.970. The molecule has 4 nitrogen and oxygen atoms in total. The Morgan fingerprint density at radius 3 is 2.80 bits per heavy atom. The van der Waals surface area contributed by atoms with Gasteiger partial charge >= 0.3 is 0 Å². The van der Waals surface area contributed by atoms with Gasteiger partial charge in [0.25, 0.3) is 0 Å². The van der Waals surface area contributed by atoms with E-state index in [-0.39, 0.29) is 0 Å². The SMILES string of the molecule is CSc1nc(N)cc(OC2CCCC2)n1. The van der Waals surface area contributed by atoms with Gasteiger partial charge in [-0.2, -0.15) is 4.98 Å². The molecule has 1 saturated carbocycles. The van der Waals surface area contributed by atoms with Gasteiger partial charge in [-0.1, -0.05) is 11.8 Å². The Morgan fingerprint density at radius 2 is 2.13 bits per heavy atom. The topological polar surface area (TPSA) is 61.0 Å². The van der Waals surface area contributed by atoms with Gasteiger partial charge in [-0.3, -0.25) is 0 Å². The number of hydrogen-bond donors (Lipinski definition) is 1. The van der Waals surface area contributed by atoms with Gasteiger partial charge in [0.15, 0.2) is 5.16 Å². The minimum atomic E-state index is 0.314. The molecule has 0 atom stereocenters. The molecule has 5 heteroatoms. The lowest BCUT2D eigenvalue weighted by molar-refractivity contribution is 0.199. The average Bonchev–Trinajstić information content (AvgIpc) is 2.69. The van der Waals surface area contributed by atoms with Crippen molar-refractivity contribution < 1.29 is 4.74 Å². The molecule has 1 aromatic rings. The molecular weight excluding hydrogens is 210 g/mol. The lowest BCUT2D eigenvalue weighted by Gasteiger charge is -2.12. The van der Waals surface area contributed by atoms with Gasteiger partial charge in [0.2, 0.25) is 5.88 Å². The van der Waals surface area contributed by atoms with Crippen LogP contribution in [0.5, 0.6) is 5.88 Å². The van der Waals surface area contributed by atoms with Gasteiger partial charge in [-0.05, 0) is 31.9 Å². The van der Waals surface area contributed by atoms with Crippen LogP contribution in [0, 0.1) is 0 Å². The zero-order chi connectivity index (χ0) is 10.7. The molecule has 0 bridgehead atoms. The van der Waals surface area contributed by atoms with Gasteiger partial charge in [0, 0.05) is 6.07 Å². The molecule has 1 heterocycles. The molecular formula is C10H15N3OS. The van der Waals surface area contributed by atoms with E-state index < -0.39 is 0 Å². The summed E-state index contributed by atoms with van der Waals surface area (Å²) in [5.41, 5.74) is 5.66. The summed E-state index contributed by atoms with van der Waals surface area (Å²) in [5, 5.41) is 0.669. The van der Waals surface area contributed by atoms with Crippen LogP contribution in [0.3, 0.4) is 0 Å². The van der Waals surface area contributed by atoms with E-state index in [0.717, 1.165) is 12.8 Å². The second kappa shape index (κ2) is 4.70. The fourth-order valence-corrected chi connectivity index (χ4v) is 2.13. The molecule has 1 aliphatic carbocycles. The molecule has 1 aromatic heterocycles. The van der Waals surface area contributed by atoms with E-state index in [9.17, 15) is 0 Å². The monoisotopic (exact) mass is 225 g/mol. The standard InChI is InChI=1S/C10H15N3OS/c1-15-10-12-8(11)6-9(13-10)14-7-4-2-3-5-7/h6-7H,2-5H2,1H3,(H2,11,12,13). The average molecular weight is 225 g/mol. The predicted molar refractivity (Wildman–Crippen MR) is 61.1 cm³/mol. The largest absolute Gasteiger partial charge is 0.474 e. The molecule has 0 saturated heterocycles. The van der Waals surface area contributed by atoms with Crippen molar-refractivity contribution in [1.29, 1.82) is 0 Å². The molecule has 2 rings (SSSR count). The lowest BCUT2D eigenvalue weighted by Crippen LogP contribution is -2.12. The van der Waals surface area contributed by atoms with E-state index in [1.807, 2.05) is 6.26 Å². The maximum Gasteiger partial charge on any atom is 0.219 e. The Kier molecular flexibility index (Phi) is 3.30. The summed E-state index contributed by atoms with van der Waals surface area (Å²) in [6.07, 6.45) is 6.99. The Bertz CT molecular complexity index is 339. The van der Waals surface area contributed by atoms with E-state index in [2.05, 4.69) is 9.97 Å². The first-order valence-corrected chi connectivity index (χ1v) is 6.35. The minimum Gasteiger partial charge on any atom is -0.474 e. The summed E-state index contributed by atoms with van der Waals surface area (Å²) in [4.78, 5) is 8.34. The number of nitrogens with zero attached hydrogens (tertiary/aromatic N) is 2. The first kappa shape index (κ1) is 10.5. The molecule has 1 aliphatic rings. The molecule has 0 amide bonds. The van der Waals surface area contributed by atoms with Crippen molar-refractivity contribution in [3.8, 4) is 5.88 Å². The van der Waals surface area contributed by atoms with Crippen molar-refractivity contribution in [1.82, 2.24) is 9.97 Å². The van der Waals surface area contributed by atoms with Crippen LogP contribution in [-0.2, 0) is 0 Å². The first-order valence-electron chi connectivity index (χ1n) is 5.13. The molecule has 2 N–H and O–H groups in total. The number of nitrogen functional groups attached to an aromatic ring is 1. The number of ether oxygens (including phenoxy) is 1. The molecule has 15 heavy (non-hydrogen) atoms. The van der Waals surface area contributed by atoms with Crippen LogP contribution in [0.15, 0.2) is 11.2 Å². The number of thioether (sulfide) groups is 1. The van der Waals surface area contributed by atoms with E-state index in [4.69, 9.17) is 10.5 Å². The van der Waals surface area contributed by atoms with Gasteiger partial charge in [-0.15, -0.1) is 0 Å². The summed E-state index contributed by atoms with van der Waals surface area (Å²) in [6.45, 7) is 0. The second-order valence-corrected chi connectivity index (χ2v) is 4.42. The van der Waals surface area contributed by atoms with Crippen molar-refractivity contribution in [3.63, 3.8) is 0 Å². The number of anilines is 1. The van der Waals surface area contributed by atoms with Gasteiger partial charge in [0.05, 0.1) is 0 Å². The second-order valence-electron chi connectivity index (χ2n) is 3.64. The Morgan fingerprint density at radius 1 is 1.40 bits per heavy atom. The summed E-state index contributed by atoms with van der Waals surface area (Å²) < 4.78 is 5.75. The normalized spacial score (nSPS) is 16.9. The van der Waals surface area contributed by atoms with Crippen LogP contribution >= 0.6 is 11.8 Å². The van der Waals surface area contributed by atoms with Crippen LogP contribution in [-0.4, -0.2) is 22.3 Å². The highest BCUT2D eigenvalue weighted by Crippen LogP contribution is 2.24. The lowest BCUT2D eigenvalue weighted by atomic mass is 10.3. The summed E-state index contributed by atoms with van der Waals surface area (Å²) >= 11 is 1.47. The van der Waals surface area contributed by atoms with Crippen molar-refractivity contribution in [3.05, 3.63) is 6.07 Å². The van der Waals surface area contributed by atoms with Gasteiger partial charge in [-0.25, -0.2) is 4.98 Å². The summed E-state index contributed by atoms with van der Waals surface area (Å²) in [6, 6.07) is 1.69. The number of aromatic nitrogens is 2. The smallest absolute Gasteiger partial charge is 0.219 e. The van der Waals surface area contributed by atoms with Crippen LogP contribution < -0.4 is 10.5 Å². The third-order valence-electron chi connectivity index (χ3n) is 2.47. The number of nitrogens with two attached hydrogens (primary N) is 1. The quantitative estimate of drug-likeness (QED) is 0.630. The molecule has 0 radical (unpaired) electrons. The zero-order valence-corrected chi connectivity index (χ0v) is 9.59. The Balaban J connectivity index is 2.09. The highest BCUT2D eigenvalue weighted by Gasteiger charge is 2.17. The maximum atomic E-state index is 5.75. The summed E-state index contributed by atoms with van der Waals surface area (Å²) in [5.74, 6) is 1.08. The molecule has 0 aliphatic heterocycles. The highest BCUT2D eigenvalue weighted by atomic mass is 32.2. The molecule has 1 fully saturated rings. The van der Waals surface area contributed by atoms with Gasteiger partial charge in [0.1, 0.15) is 11.9 Å². The van der Waals surface area contributed by atoms with Crippen molar-refractivity contribution in [2.45, 2.75) is 36.9 Å². The van der Waals surface area contributed by atoms with Crippen molar-refractivity contribution in [2.75, 3.05) is 12.0 Å². The number of rotatable bonds is 3. The highest BCUT2D eigenvalue weighted by molar-refractivity contribution is 7.98. The zero-order valence-electron chi connectivity index (χ0n) is 8.77. The summed E-state index contributed by atoms with van der Waals surface area (Å²) in [7, 11) is 0. The van der Waals surface area contributed by atoms with Crippen LogP contribution in [0.25, 0.3) is 0 Å². The molecule has 0 unspecified atom stereocenters. The first-order chi connectivity index (χ1) is 7.28. The molecule has 82 valence electrons. The number of hydrogen-bond acceptors (Lipinski definition) is 5. The van der Waals surface area contributed by atoms with E-state index >= 15 is 0 Å². The molecule has 0 spiro atoms. The Labute approximate surface area is 93.6 Å². The van der Waals surface area contributed by atoms with E-state index in [1.54, 1.807) is 6.07 Å². The van der Waals surface area contributed by atoms with Crippen molar-refractivity contribution >= 4 is 17.6 Å². The van der Waals surface area contributed by atoms with Crippen LogP contribution in [0.4, 0.5) is 5.82 Å². The molecule has 0 aromatic carbocycles. The fraction of sp³-hybridized carbons (Fsp3) is 0.600. The van der Waals surface area contributed by atoms with Crippen LogP contribution in [0.2, 0.25) is 0 Å². The minimum absolute atomic E-state index is 0.314. The fourth-order valence-electron chi connectivity index (χ4n) is 1.75.